The van der Waals surface area contributed by atoms with Crippen molar-refractivity contribution in [1.82, 2.24) is 13.8 Å². The second kappa shape index (κ2) is 8.80. The molecular formula is C22H31N3O5S. The highest BCUT2D eigenvalue weighted by Crippen LogP contribution is 2.32. The van der Waals surface area contributed by atoms with E-state index in [1.54, 1.807) is 35.6 Å². The molecule has 2 aromatic rings. The molecule has 0 bridgehead atoms. The SMILES string of the molecule is Cc1c(C(=O)N2CCCC2)c(S(=O)(=O)N(Cc2ccco2)C[C@@H]2CCCO2)c(C)n1C. The van der Waals surface area contributed by atoms with Gasteiger partial charge in [-0.05, 0) is 51.7 Å². The molecule has 31 heavy (non-hydrogen) atoms. The minimum Gasteiger partial charge on any atom is -0.468 e. The van der Waals surface area contributed by atoms with Crippen LogP contribution in [-0.4, -0.2) is 60.4 Å². The molecule has 2 fully saturated rings. The number of hydrogen-bond donors (Lipinski definition) is 0. The Hall–Kier alpha value is -2.10. The second-order valence-electron chi connectivity index (χ2n) is 8.45. The highest BCUT2D eigenvalue weighted by Gasteiger charge is 2.38. The van der Waals surface area contributed by atoms with Crippen LogP contribution in [0.15, 0.2) is 27.7 Å². The normalized spacial score (nSPS) is 19.6. The number of nitrogens with zero attached hydrogens (tertiary/aromatic N) is 3. The lowest BCUT2D eigenvalue weighted by Crippen LogP contribution is -2.38. The summed E-state index contributed by atoms with van der Waals surface area (Å²) in [6.07, 6.45) is 5.00. The largest absolute Gasteiger partial charge is 0.468 e. The number of carbonyl (C=O) groups excluding carboxylic acids is 1. The number of hydrogen-bond acceptors (Lipinski definition) is 5. The number of aromatic nitrogens is 1. The van der Waals surface area contributed by atoms with Crippen LogP contribution in [0.5, 0.6) is 0 Å². The Labute approximate surface area is 183 Å². The van der Waals surface area contributed by atoms with Crippen LogP contribution in [0, 0.1) is 13.8 Å². The van der Waals surface area contributed by atoms with Crippen molar-refractivity contribution in [2.75, 3.05) is 26.2 Å². The third-order valence-electron chi connectivity index (χ3n) is 6.47. The van der Waals surface area contributed by atoms with Gasteiger partial charge in [0.05, 0.1) is 24.5 Å². The molecule has 2 aliphatic rings. The maximum absolute atomic E-state index is 14.0. The van der Waals surface area contributed by atoms with E-state index in [0.717, 1.165) is 25.7 Å². The lowest BCUT2D eigenvalue weighted by molar-refractivity contribution is 0.0788. The van der Waals surface area contributed by atoms with Crippen molar-refractivity contribution < 1.29 is 22.4 Å². The van der Waals surface area contributed by atoms with Gasteiger partial charge in [-0.2, -0.15) is 4.31 Å². The van der Waals surface area contributed by atoms with E-state index >= 15 is 0 Å². The maximum Gasteiger partial charge on any atom is 0.257 e. The smallest absolute Gasteiger partial charge is 0.257 e. The van der Waals surface area contributed by atoms with Crippen molar-refractivity contribution in [2.45, 2.75) is 57.1 Å². The van der Waals surface area contributed by atoms with E-state index in [1.807, 2.05) is 6.92 Å². The third kappa shape index (κ3) is 4.18. The van der Waals surface area contributed by atoms with Crippen molar-refractivity contribution in [2.24, 2.45) is 7.05 Å². The monoisotopic (exact) mass is 449 g/mol. The molecule has 9 heteroatoms. The van der Waals surface area contributed by atoms with Gasteiger partial charge in [-0.1, -0.05) is 0 Å². The van der Waals surface area contributed by atoms with Crippen LogP contribution < -0.4 is 0 Å². The molecule has 0 aromatic carbocycles. The summed E-state index contributed by atoms with van der Waals surface area (Å²) in [4.78, 5) is 15.2. The van der Waals surface area contributed by atoms with Crippen molar-refractivity contribution in [3.63, 3.8) is 0 Å². The number of furan rings is 1. The number of carbonyl (C=O) groups is 1. The number of ether oxygens (including phenoxy) is 1. The lowest BCUT2D eigenvalue weighted by Gasteiger charge is -2.25. The molecule has 4 heterocycles. The zero-order chi connectivity index (χ0) is 22.2. The molecule has 2 saturated heterocycles. The predicted octanol–water partition coefficient (Wildman–Crippen LogP) is 2.84. The van der Waals surface area contributed by atoms with Gasteiger partial charge in [-0.25, -0.2) is 8.42 Å². The van der Waals surface area contributed by atoms with Crippen molar-refractivity contribution >= 4 is 15.9 Å². The van der Waals surface area contributed by atoms with Crippen LogP contribution >= 0.6 is 0 Å². The topological polar surface area (TPSA) is 85.0 Å². The minimum atomic E-state index is -3.98. The van der Waals surface area contributed by atoms with E-state index in [-0.39, 0.29) is 30.0 Å². The molecular weight excluding hydrogens is 418 g/mol. The highest BCUT2D eigenvalue weighted by atomic mass is 32.2. The number of amides is 1. The van der Waals surface area contributed by atoms with Crippen LogP contribution in [0.3, 0.4) is 0 Å². The second-order valence-corrected chi connectivity index (χ2v) is 10.3. The fraction of sp³-hybridized carbons (Fsp3) is 0.591. The number of sulfonamides is 1. The summed E-state index contributed by atoms with van der Waals surface area (Å²) in [7, 11) is -2.17. The molecule has 2 aliphatic heterocycles. The molecule has 0 radical (unpaired) electrons. The van der Waals surface area contributed by atoms with Gasteiger partial charge in [0.1, 0.15) is 10.7 Å². The van der Waals surface area contributed by atoms with Crippen molar-refractivity contribution in [1.29, 1.82) is 0 Å². The summed E-state index contributed by atoms with van der Waals surface area (Å²) in [5, 5.41) is 0. The number of likely N-dealkylation sites (tertiary alicyclic amines) is 1. The summed E-state index contributed by atoms with van der Waals surface area (Å²) < 4.78 is 42.4. The lowest BCUT2D eigenvalue weighted by atomic mass is 10.2. The maximum atomic E-state index is 14.0. The van der Waals surface area contributed by atoms with Crippen LogP contribution in [-0.2, 0) is 28.4 Å². The summed E-state index contributed by atoms with van der Waals surface area (Å²) >= 11 is 0. The molecule has 2 aromatic heterocycles. The first-order valence-electron chi connectivity index (χ1n) is 10.9. The Bertz CT molecular complexity index is 1030. The van der Waals surface area contributed by atoms with Crippen molar-refractivity contribution in [3.05, 3.63) is 41.1 Å². The van der Waals surface area contributed by atoms with Crippen LogP contribution in [0.4, 0.5) is 0 Å². The Morgan fingerprint density at radius 3 is 2.55 bits per heavy atom. The molecule has 0 N–H and O–H groups in total. The first-order valence-corrected chi connectivity index (χ1v) is 12.3. The average Bonchev–Trinajstić information content (AvgIpc) is 3.53. The summed E-state index contributed by atoms with van der Waals surface area (Å²) in [5.41, 5.74) is 1.53. The first-order chi connectivity index (χ1) is 14.8. The number of rotatable bonds is 7. The molecule has 0 saturated carbocycles. The molecule has 0 spiro atoms. The molecule has 1 atom stereocenters. The van der Waals surface area contributed by atoms with Gasteiger partial charge < -0.3 is 18.6 Å². The van der Waals surface area contributed by atoms with Gasteiger partial charge >= 0.3 is 0 Å². The molecule has 4 rings (SSSR count). The Morgan fingerprint density at radius 1 is 1.19 bits per heavy atom. The van der Waals surface area contributed by atoms with Gasteiger partial charge in [0.25, 0.3) is 5.91 Å². The van der Waals surface area contributed by atoms with E-state index in [0.29, 0.717) is 42.4 Å². The summed E-state index contributed by atoms with van der Waals surface area (Å²) in [5.74, 6) is 0.353. The Kier molecular flexibility index (Phi) is 6.27. The standard InChI is InChI=1S/C22H31N3O5S/c1-16-20(22(26)24-10-4-5-11-24)21(17(2)23(16)3)31(27,28)25(14-18-8-6-12-29-18)15-19-9-7-13-30-19/h6,8,12,19H,4-5,7,9-11,13-15H2,1-3H3/t19-/m0/s1. The van der Waals surface area contributed by atoms with Gasteiger partial charge in [0.15, 0.2) is 0 Å². The van der Waals surface area contributed by atoms with E-state index < -0.39 is 10.0 Å². The summed E-state index contributed by atoms with van der Waals surface area (Å²) in [6, 6.07) is 3.50. The van der Waals surface area contributed by atoms with Gasteiger partial charge in [0, 0.05) is 44.7 Å². The quantitative estimate of drug-likeness (QED) is 0.649. The van der Waals surface area contributed by atoms with E-state index in [4.69, 9.17) is 9.15 Å². The predicted molar refractivity (Wildman–Crippen MR) is 115 cm³/mol. The Morgan fingerprint density at radius 2 is 1.94 bits per heavy atom. The van der Waals surface area contributed by atoms with E-state index in [2.05, 4.69) is 0 Å². The summed E-state index contributed by atoms with van der Waals surface area (Å²) in [6.45, 7) is 5.87. The highest BCUT2D eigenvalue weighted by molar-refractivity contribution is 7.89. The Balaban J connectivity index is 1.77. The molecule has 8 nitrogen and oxygen atoms in total. The van der Waals surface area contributed by atoms with Crippen molar-refractivity contribution in [3.8, 4) is 0 Å². The molecule has 0 unspecified atom stereocenters. The van der Waals surface area contributed by atoms with E-state index in [1.165, 1.54) is 10.6 Å². The average molecular weight is 450 g/mol. The molecule has 1 amide bonds. The van der Waals surface area contributed by atoms with Gasteiger partial charge in [-0.15, -0.1) is 0 Å². The zero-order valence-electron chi connectivity index (χ0n) is 18.5. The van der Waals surface area contributed by atoms with Gasteiger partial charge in [0.2, 0.25) is 10.0 Å². The fourth-order valence-corrected chi connectivity index (χ4v) is 6.45. The zero-order valence-corrected chi connectivity index (χ0v) is 19.3. The molecule has 170 valence electrons. The molecule has 0 aliphatic carbocycles. The van der Waals surface area contributed by atoms with Gasteiger partial charge in [-0.3, -0.25) is 4.79 Å². The van der Waals surface area contributed by atoms with Crippen LogP contribution in [0.1, 0.15) is 53.2 Å². The first kappa shape index (κ1) is 22.1. The van der Waals surface area contributed by atoms with Crippen LogP contribution in [0.2, 0.25) is 0 Å². The van der Waals surface area contributed by atoms with E-state index in [9.17, 15) is 13.2 Å². The minimum absolute atomic E-state index is 0.0971. The van der Waals surface area contributed by atoms with Crippen LogP contribution in [0.25, 0.3) is 0 Å². The fourth-order valence-electron chi connectivity index (χ4n) is 4.53. The third-order valence-corrected chi connectivity index (χ3v) is 8.45.